The zero-order valence-corrected chi connectivity index (χ0v) is 14.9. The topological polar surface area (TPSA) is 80.1 Å². The Bertz CT molecular complexity index is 585. The molecule has 1 amide bonds. The third-order valence-electron chi connectivity index (χ3n) is 3.96. The van der Waals surface area contributed by atoms with Gasteiger partial charge in [0.25, 0.3) is 0 Å². The summed E-state index contributed by atoms with van der Waals surface area (Å²) in [6.45, 7) is 4.00. The smallest absolute Gasteiger partial charge is 0.248 e. The molecule has 0 spiro atoms. The molecule has 9 heteroatoms. The van der Waals surface area contributed by atoms with Crippen LogP contribution in [0.5, 0.6) is 0 Å². The number of nitrogens with zero attached hydrogens (tertiary/aromatic N) is 5. The highest BCUT2D eigenvalue weighted by atomic mass is 79.9. The lowest BCUT2D eigenvalue weighted by Gasteiger charge is -2.27. The van der Waals surface area contributed by atoms with Crippen molar-refractivity contribution in [2.75, 3.05) is 50.9 Å². The van der Waals surface area contributed by atoms with E-state index in [-0.39, 0.29) is 12.5 Å². The van der Waals surface area contributed by atoms with E-state index in [9.17, 15) is 4.79 Å². The number of carbonyl (C=O) groups is 1. The molecule has 2 aliphatic rings. The third-order valence-corrected chi connectivity index (χ3v) is 4.37. The first-order valence-electron chi connectivity index (χ1n) is 7.98. The summed E-state index contributed by atoms with van der Waals surface area (Å²) in [5.41, 5.74) is 1.04. The Morgan fingerprint density at radius 1 is 1.25 bits per heavy atom. The number of hydrogen-bond acceptors (Lipinski definition) is 7. The first kappa shape index (κ1) is 17.1. The van der Waals surface area contributed by atoms with Crippen molar-refractivity contribution in [3.8, 4) is 0 Å². The molecule has 130 valence electrons. The Labute approximate surface area is 148 Å². The minimum absolute atomic E-state index is 0.0142. The summed E-state index contributed by atoms with van der Waals surface area (Å²) in [6.07, 6.45) is 5.16. The van der Waals surface area contributed by atoms with Crippen molar-refractivity contribution in [2.45, 2.75) is 12.8 Å². The Morgan fingerprint density at radius 3 is 2.71 bits per heavy atom. The number of ether oxygens (including phenoxy) is 1. The van der Waals surface area contributed by atoms with Gasteiger partial charge in [-0.25, -0.2) is 9.97 Å². The maximum atomic E-state index is 11.6. The monoisotopic (exact) mass is 397 g/mol. The number of piperidine rings is 1. The van der Waals surface area contributed by atoms with Crippen molar-refractivity contribution in [1.29, 1.82) is 0 Å². The van der Waals surface area contributed by atoms with Crippen LogP contribution < -0.4 is 4.90 Å². The van der Waals surface area contributed by atoms with Gasteiger partial charge in [0.2, 0.25) is 11.9 Å². The van der Waals surface area contributed by atoms with Crippen LogP contribution in [0.2, 0.25) is 0 Å². The largest absolute Gasteiger partial charge is 0.394 e. The fourth-order valence-corrected chi connectivity index (χ4v) is 2.80. The van der Waals surface area contributed by atoms with Crippen LogP contribution in [-0.4, -0.2) is 72.5 Å². The molecule has 8 nitrogen and oxygen atoms in total. The van der Waals surface area contributed by atoms with Crippen molar-refractivity contribution in [3.05, 3.63) is 16.9 Å². The summed E-state index contributed by atoms with van der Waals surface area (Å²) in [5, 5.41) is 4.21. The summed E-state index contributed by atoms with van der Waals surface area (Å²) >= 11 is 3.34. The molecule has 2 aliphatic heterocycles. The summed E-state index contributed by atoms with van der Waals surface area (Å²) in [4.78, 5) is 29.5. The minimum atomic E-state index is 0.0142. The van der Waals surface area contributed by atoms with E-state index in [2.05, 4.69) is 36.0 Å². The van der Waals surface area contributed by atoms with Gasteiger partial charge in [0, 0.05) is 44.9 Å². The molecule has 1 aromatic heterocycles. The first-order valence-corrected chi connectivity index (χ1v) is 8.77. The van der Waals surface area contributed by atoms with Gasteiger partial charge in [0.1, 0.15) is 13.2 Å². The van der Waals surface area contributed by atoms with Crippen LogP contribution in [0.15, 0.2) is 22.0 Å². The lowest BCUT2D eigenvalue weighted by Crippen LogP contribution is -2.43. The molecule has 0 aromatic carbocycles. The molecule has 1 aromatic rings. The average Bonchev–Trinajstić information content (AvgIpc) is 2.61. The normalized spacial score (nSPS) is 18.7. The number of amides is 1. The van der Waals surface area contributed by atoms with Crippen LogP contribution in [0.3, 0.4) is 0 Å². The van der Waals surface area contributed by atoms with Gasteiger partial charge in [-0.15, -0.1) is 0 Å². The molecule has 3 rings (SSSR count). The Balaban J connectivity index is 1.39. The number of rotatable bonds is 5. The van der Waals surface area contributed by atoms with Gasteiger partial charge >= 0.3 is 0 Å². The van der Waals surface area contributed by atoms with Crippen LogP contribution in [0.25, 0.3) is 0 Å². The van der Waals surface area contributed by atoms with Crippen molar-refractivity contribution in [2.24, 2.45) is 5.16 Å². The van der Waals surface area contributed by atoms with E-state index in [1.54, 1.807) is 17.3 Å². The van der Waals surface area contributed by atoms with Gasteiger partial charge in [-0.2, -0.15) is 0 Å². The van der Waals surface area contributed by atoms with Crippen molar-refractivity contribution < 1.29 is 14.4 Å². The fraction of sp³-hybridized carbons (Fsp3) is 0.600. The summed E-state index contributed by atoms with van der Waals surface area (Å²) in [5.74, 6) is 0.754. The summed E-state index contributed by atoms with van der Waals surface area (Å²) in [7, 11) is 0. The summed E-state index contributed by atoms with van der Waals surface area (Å²) < 4.78 is 5.96. The second-order valence-corrected chi connectivity index (χ2v) is 6.53. The quantitative estimate of drug-likeness (QED) is 0.546. The zero-order chi connectivity index (χ0) is 16.8. The van der Waals surface area contributed by atoms with E-state index in [0.29, 0.717) is 26.3 Å². The molecule has 0 saturated carbocycles. The molecule has 24 heavy (non-hydrogen) atoms. The van der Waals surface area contributed by atoms with Gasteiger partial charge in [-0.05, 0) is 15.9 Å². The maximum absolute atomic E-state index is 11.6. The van der Waals surface area contributed by atoms with Crippen LogP contribution >= 0.6 is 15.9 Å². The average molecular weight is 398 g/mol. The van der Waals surface area contributed by atoms with E-state index in [1.807, 2.05) is 0 Å². The first-order chi connectivity index (χ1) is 11.7. The van der Waals surface area contributed by atoms with E-state index >= 15 is 0 Å². The molecule has 0 aliphatic carbocycles. The number of carbonyl (C=O) groups excluding carboxylic acids is 1. The molecule has 3 heterocycles. The van der Waals surface area contributed by atoms with Crippen molar-refractivity contribution in [1.82, 2.24) is 14.9 Å². The standard InChI is InChI=1S/C15H20BrN5O3/c16-12-9-17-15(18-10-12)21-3-1-13(2-4-21)19-24-8-6-20-5-7-23-11-14(20)22/h9-10H,1-8,11H2. The number of halogens is 1. The van der Waals surface area contributed by atoms with Gasteiger partial charge < -0.3 is 19.4 Å². The number of hydrogen-bond donors (Lipinski definition) is 0. The highest BCUT2D eigenvalue weighted by Crippen LogP contribution is 2.15. The summed E-state index contributed by atoms with van der Waals surface area (Å²) in [6, 6.07) is 0. The van der Waals surface area contributed by atoms with E-state index in [4.69, 9.17) is 9.57 Å². The molecule has 0 atom stereocenters. The number of aromatic nitrogens is 2. The van der Waals surface area contributed by atoms with Gasteiger partial charge in [0.05, 0.1) is 23.3 Å². The molecule has 0 N–H and O–H groups in total. The third kappa shape index (κ3) is 4.64. The van der Waals surface area contributed by atoms with Gasteiger partial charge in [-0.3, -0.25) is 4.79 Å². The second-order valence-electron chi connectivity index (χ2n) is 5.61. The maximum Gasteiger partial charge on any atom is 0.248 e. The lowest BCUT2D eigenvalue weighted by molar-refractivity contribution is -0.143. The van der Waals surface area contributed by atoms with E-state index in [0.717, 1.165) is 42.1 Å². The predicted octanol–water partition coefficient (Wildman–Crippen LogP) is 1.07. The molecule has 2 saturated heterocycles. The fourth-order valence-electron chi connectivity index (χ4n) is 2.60. The van der Waals surface area contributed by atoms with Crippen molar-refractivity contribution in [3.63, 3.8) is 0 Å². The van der Waals surface area contributed by atoms with E-state index < -0.39 is 0 Å². The molecular formula is C15H20BrN5O3. The highest BCUT2D eigenvalue weighted by molar-refractivity contribution is 9.10. The van der Waals surface area contributed by atoms with Gasteiger partial charge in [-0.1, -0.05) is 5.16 Å². The number of anilines is 1. The molecular weight excluding hydrogens is 378 g/mol. The lowest BCUT2D eigenvalue weighted by atomic mass is 10.1. The number of morpholine rings is 1. The SMILES string of the molecule is O=C1COCCN1CCON=C1CCN(c2ncc(Br)cn2)CC1. The van der Waals surface area contributed by atoms with Crippen LogP contribution in [-0.2, 0) is 14.4 Å². The predicted molar refractivity (Wildman–Crippen MR) is 92.0 cm³/mol. The van der Waals surface area contributed by atoms with Crippen molar-refractivity contribution >= 4 is 33.5 Å². The Morgan fingerprint density at radius 2 is 2.00 bits per heavy atom. The molecule has 2 fully saturated rings. The molecule has 0 bridgehead atoms. The molecule has 0 unspecified atom stereocenters. The van der Waals surface area contributed by atoms with Crippen LogP contribution in [0.4, 0.5) is 5.95 Å². The Kier molecular flexibility index (Phi) is 5.97. The van der Waals surface area contributed by atoms with Gasteiger partial charge in [0.15, 0.2) is 0 Å². The van der Waals surface area contributed by atoms with E-state index in [1.165, 1.54) is 0 Å². The molecule has 0 radical (unpaired) electrons. The van der Waals surface area contributed by atoms with Crippen LogP contribution in [0, 0.1) is 0 Å². The minimum Gasteiger partial charge on any atom is -0.394 e. The Hall–Kier alpha value is -1.74. The van der Waals surface area contributed by atoms with Crippen LogP contribution in [0.1, 0.15) is 12.8 Å². The number of oxime groups is 1. The highest BCUT2D eigenvalue weighted by Gasteiger charge is 2.19. The zero-order valence-electron chi connectivity index (χ0n) is 13.4. The second kappa shape index (κ2) is 8.39.